The molecule has 1 aliphatic rings. The molecule has 0 bridgehead atoms. The Bertz CT molecular complexity index is 667. The molecule has 132 valence electrons. The normalized spacial score (nSPS) is 14.9. The van der Waals surface area contributed by atoms with Crippen molar-refractivity contribution in [2.45, 2.75) is 32.4 Å². The topological polar surface area (TPSA) is 41.6 Å². The van der Waals surface area contributed by atoms with E-state index in [0.29, 0.717) is 12.3 Å². The number of ether oxygens (including phenoxy) is 1. The Labute approximate surface area is 149 Å². The Morgan fingerprint density at radius 3 is 2.36 bits per heavy atom. The lowest BCUT2D eigenvalue weighted by Gasteiger charge is -2.27. The zero-order valence-corrected chi connectivity index (χ0v) is 14.6. The van der Waals surface area contributed by atoms with E-state index in [2.05, 4.69) is 28.4 Å². The van der Waals surface area contributed by atoms with Gasteiger partial charge in [-0.15, -0.1) is 0 Å². The molecule has 0 unspecified atom stereocenters. The van der Waals surface area contributed by atoms with E-state index in [1.807, 2.05) is 36.4 Å². The average molecular weight is 338 g/mol. The minimum Gasteiger partial charge on any atom is -0.484 e. The van der Waals surface area contributed by atoms with Crippen LogP contribution in [0.4, 0.5) is 0 Å². The number of para-hydroxylation sites is 1. The Balaban J connectivity index is 1.49. The first kappa shape index (κ1) is 17.5. The number of carbonyl (C=O) groups is 1. The molecule has 0 saturated carbocycles. The molecule has 2 aromatic rings. The van der Waals surface area contributed by atoms with Crippen LogP contribution in [0.1, 0.15) is 30.4 Å². The molecule has 4 heteroatoms. The van der Waals surface area contributed by atoms with E-state index >= 15 is 0 Å². The number of nitrogens with one attached hydrogen (secondary N) is 1. The second-order valence-corrected chi connectivity index (χ2v) is 6.48. The Morgan fingerprint density at radius 1 is 0.920 bits per heavy atom. The van der Waals surface area contributed by atoms with Gasteiger partial charge in [-0.25, -0.2) is 0 Å². The molecule has 0 atom stereocenters. The third-order valence-electron chi connectivity index (χ3n) is 4.55. The molecule has 4 nitrogen and oxygen atoms in total. The molecule has 1 saturated heterocycles. The minimum absolute atomic E-state index is 0.0400. The molecule has 2 aromatic carbocycles. The van der Waals surface area contributed by atoms with Crippen LogP contribution >= 0.6 is 0 Å². The summed E-state index contributed by atoms with van der Waals surface area (Å²) in [4.78, 5) is 14.5. The van der Waals surface area contributed by atoms with Crippen molar-refractivity contribution in [1.29, 1.82) is 0 Å². The number of carbonyl (C=O) groups excluding carboxylic acids is 1. The number of likely N-dealkylation sites (tertiary alicyclic amines) is 1. The van der Waals surface area contributed by atoms with Gasteiger partial charge in [-0.2, -0.15) is 0 Å². The molecule has 1 fully saturated rings. The van der Waals surface area contributed by atoms with Crippen LogP contribution in [0.15, 0.2) is 54.6 Å². The van der Waals surface area contributed by atoms with Crippen LogP contribution in [-0.4, -0.2) is 30.5 Å². The van der Waals surface area contributed by atoms with E-state index in [1.165, 1.54) is 43.5 Å². The van der Waals surface area contributed by atoms with E-state index in [-0.39, 0.29) is 12.5 Å². The predicted octanol–water partition coefficient (Wildman–Crippen LogP) is 3.37. The maximum absolute atomic E-state index is 12.0. The zero-order chi connectivity index (χ0) is 17.3. The van der Waals surface area contributed by atoms with Crippen LogP contribution in [-0.2, 0) is 17.9 Å². The smallest absolute Gasteiger partial charge is 0.258 e. The summed E-state index contributed by atoms with van der Waals surface area (Å²) in [5, 5.41) is 2.96. The van der Waals surface area contributed by atoms with Crippen molar-refractivity contribution in [2.24, 2.45) is 0 Å². The van der Waals surface area contributed by atoms with Gasteiger partial charge in [-0.3, -0.25) is 9.69 Å². The zero-order valence-electron chi connectivity index (χ0n) is 14.6. The number of hydrogen-bond acceptors (Lipinski definition) is 3. The summed E-state index contributed by atoms with van der Waals surface area (Å²) < 4.78 is 5.49. The van der Waals surface area contributed by atoms with Gasteiger partial charge in [0.05, 0.1) is 0 Å². The number of amides is 1. The van der Waals surface area contributed by atoms with Gasteiger partial charge in [0.2, 0.25) is 0 Å². The fourth-order valence-electron chi connectivity index (χ4n) is 3.15. The summed E-state index contributed by atoms with van der Waals surface area (Å²) in [7, 11) is 0. The molecule has 1 aliphatic heterocycles. The average Bonchev–Trinajstić information content (AvgIpc) is 2.67. The highest BCUT2D eigenvalue weighted by Crippen LogP contribution is 2.16. The second kappa shape index (κ2) is 9.23. The lowest BCUT2D eigenvalue weighted by atomic mass is 10.0. The summed E-state index contributed by atoms with van der Waals surface area (Å²) in [5.41, 5.74) is 2.48. The van der Waals surface area contributed by atoms with Gasteiger partial charge in [0, 0.05) is 13.1 Å². The van der Waals surface area contributed by atoms with Crippen LogP contribution in [0.2, 0.25) is 0 Å². The fraction of sp³-hybridized carbons (Fsp3) is 0.381. The summed E-state index contributed by atoms with van der Waals surface area (Å²) in [6.45, 7) is 3.89. The van der Waals surface area contributed by atoms with Crippen molar-refractivity contribution in [2.75, 3.05) is 19.7 Å². The lowest BCUT2D eigenvalue weighted by molar-refractivity contribution is -0.123. The fourth-order valence-corrected chi connectivity index (χ4v) is 3.15. The van der Waals surface area contributed by atoms with Crippen molar-refractivity contribution < 1.29 is 9.53 Å². The first-order valence-electron chi connectivity index (χ1n) is 9.05. The van der Waals surface area contributed by atoms with Crippen molar-refractivity contribution in [3.05, 3.63) is 65.7 Å². The minimum atomic E-state index is -0.100. The molecule has 3 rings (SSSR count). The number of hydrogen-bond donors (Lipinski definition) is 1. The summed E-state index contributed by atoms with van der Waals surface area (Å²) in [5.74, 6) is 0.611. The Morgan fingerprint density at radius 2 is 1.60 bits per heavy atom. The van der Waals surface area contributed by atoms with Crippen LogP contribution < -0.4 is 10.1 Å². The van der Waals surface area contributed by atoms with Crippen molar-refractivity contribution in [3.63, 3.8) is 0 Å². The Hall–Kier alpha value is -2.33. The van der Waals surface area contributed by atoms with Crippen LogP contribution in [0.25, 0.3) is 0 Å². The van der Waals surface area contributed by atoms with Gasteiger partial charge in [0.15, 0.2) is 6.61 Å². The van der Waals surface area contributed by atoms with Gasteiger partial charge in [0.1, 0.15) is 5.75 Å². The highest BCUT2D eigenvalue weighted by Gasteiger charge is 2.12. The first-order chi connectivity index (χ1) is 12.3. The molecule has 25 heavy (non-hydrogen) atoms. The summed E-state index contributed by atoms with van der Waals surface area (Å²) >= 11 is 0. The van der Waals surface area contributed by atoms with Gasteiger partial charge in [-0.1, -0.05) is 48.9 Å². The molecule has 1 amide bonds. The van der Waals surface area contributed by atoms with Gasteiger partial charge in [-0.05, 0) is 49.2 Å². The number of nitrogens with zero attached hydrogens (tertiary/aromatic N) is 1. The largest absolute Gasteiger partial charge is 0.484 e. The highest BCUT2D eigenvalue weighted by molar-refractivity contribution is 5.77. The van der Waals surface area contributed by atoms with E-state index in [4.69, 9.17) is 4.74 Å². The summed E-state index contributed by atoms with van der Waals surface area (Å²) in [6, 6.07) is 17.8. The molecule has 1 heterocycles. The predicted molar refractivity (Wildman–Crippen MR) is 99.4 cm³/mol. The first-order valence-corrected chi connectivity index (χ1v) is 9.05. The SMILES string of the molecule is O=C(COc1ccccc1)NCc1ccccc1CN1CCCCC1. The Kier molecular flexibility index (Phi) is 6.46. The quantitative estimate of drug-likeness (QED) is 0.842. The molecule has 0 aliphatic carbocycles. The van der Waals surface area contributed by atoms with E-state index < -0.39 is 0 Å². The molecule has 0 radical (unpaired) electrons. The number of piperidine rings is 1. The third kappa shape index (κ3) is 5.61. The maximum atomic E-state index is 12.0. The molecular weight excluding hydrogens is 312 g/mol. The molecule has 1 N–H and O–H groups in total. The van der Waals surface area contributed by atoms with Crippen molar-refractivity contribution in [1.82, 2.24) is 10.2 Å². The van der Waals surface area contributed by atoms with Gasteiger partial charge < -0.3 is 10.1 Å². The van der Waals surface area contributed by atoms with Crippen LogP contribution in [0.3, 0.4) is 0 Å². The molecule has 0 spiro atoms. The van der Waals surface area contributed by atoms with E-state index in [1.54, 1.807) is 0 Å². The van der Waals surface area contributed by atoms with Gasteiger partial charge >= 0.3 is 0 Å². The van der Waals surface area contributed by atoms with Crippen molar-refractivity contribution in [3.8, 4) is 5.75 Å². The molecular formula is C21H26N2O2. The third-order valence-corrected chi connectivity index (χ3v) is 4.55. The van der Waals surface area contributed by atoms with Crippen molar-refractivity contribution >= 4 is 5.91 Å². The highest BCUT2D eigenvalue weighted by atomic mass is 16.5. The lowest BCUT2D eigenvalue weighted by Crippen LogP contribution is -2.31. The summed E-state index contributed by atoms with van der Waals surface area (Å²) in [6.07, 6.45) is 3.92. The van der Waals surface area contributed by atoms with Gasteiger partial charge in [0.25, 0.3) is 5.91 Å². The standard InChI is InChI=1S/C21H26N2O2/c24-21(17-25-20-11-3-1-4-12-20)22-15-18-9-5-6-10-19(18)16-23-13-7-2-8-14-23/h1,3-6,9-12H,2,7-8,13-17H2,(H,22,24). The maximum Gasteiger partial charge on any atom is 0.258 e. The van der Waals surface area contributed by atoms with E-state index in [0.717, 1.165) is 6.54 Å². The monoisotopic (exact) mass is 338 g/mol. The van der Waals surface area contributed by atoms with Crippen LogP contribution in [0, 0.1) is 0 Å². The van der Waals surface area contributed by atoms with E-state index in [9.17, 15) is 4.79 Å². The second-order valence-electron chi connectivity index (χ2n) is 6.48. The van der Waals surface area contributed by atoms with Crippen LogP contribution in [0.5, 0.6) is 5.75 Å². The number of rotatable bonds is 7. The number of benzene rings is 2. The molecule has 0 aromatic heterocycles.